The Morgan fingerprint density at radius 2 is 1.78 bits per heavy atom. The summed E-state index contributed by atoms with van der Waals surface area (Å²) >= 11 is 0. The molecule has 2 aromatic carbocycles. The highest BCUT2D eigenvalue weighted by atomic mass is 16.5. The average Bonchev–Trinajstić information content (AvgIpc) is 2.93. The number of hydrazone groups is 1. The first-order valence-electron chi connectivity index (χ1n) is 13.0. The molecular weight excluding hydrogens is 468 g/mol. The summed E-state index contributed by atoms with van der Waals surface area (Å²) < 4.78 is 17.0. The van der Waals surface area contributed by atoms with Crippen LogP contribution in [0, 0.1) is 11.3 Å². The number of hydrogen-bond donors (Lipinski definition) is 1. The van der Waals surface area contributed by atoms with Gasteiger partial charge in [0.2, 0.25) is 0 Å². The van der Waals surface area contributed by atoms with Crippen LogP contribution >= 0.6 is 0 Å². The molecule has 0 aromatic heterocycles. The number of benzene rings is 2. The Morgan fingerprint density at radius 3 is 2.49 bits per heavy atom. The summed E-state index contributed by atoms with van der Waals surface area (Å²) in [5.41, 5.74) is 7.95. The zero-order valence-electron chi connectivity index (χ0n) is 20.9. The summed E-state index contributed by atoms with van der Waals surface area (Å²) in [6.45, 7) is 7.30. The van der Waals surface area contributed by atoms with E-state index in [1.54, 1.807) is 17.4 Å². The SMILES string of the molecule is N#Cc1ccc(N2N=CC=C(c3ccc(N4CCN(C5COC5)CC4)cc3)N2)cc1OC1CCCOC1. The van der Waals surface area contributed by atoms with Crippen molar-refractivity contribution in [3.8, 4) is 11.8 Å². The third-order valence-corrected chi connectivity index (χ3v) is 7.39. The third kappa shape index (κ3) is 5.27. The van der Waals surface area contributed by atoms with Gasteiger partial charge in [-0.15, -0.1) is 0 Å². The molecule has 0 radical (unpaired) electrons. The lowest BCUT2D eigenvalue weighted by Crippen LogP contribution is -2.56. The number of ether oxygens (including phenoxy) is 3. The molecule has 9 heteroatoms. The molecule has 0 amide bonds. The van der Waals surface area contributed by atoms with E-state index >= 15 is 0 Å². The van der Waals surface area contributed by atoms with Crippen molar-refractivity contribution in [3.05, 3.63) is 59.7 Å². The molecule has 4 aliphatic rings. The molecule has 6 rings (SSSR count). The molecule has 0 bridgehead atoms. The fourth-order valence-corrected chi connectivity index (χ4v) is 5.09. The standard InChI is InChI=1S/C28H32N6O3/c29-17-22-5-8-24(16-28(22)37-26-2-1-15-35-20-26)34-30-10-9-27(31-34)21-3-6-23(7-4-21)32-11-13-33(14-12-32)25-18-36-19-25/h3-10,16,25-26,31H,1-2,11-15,18-20H2. The first-order chi connectivity index (χ1) is 18.3. The number of nitrogens with one attached hydrogen (secondary N) is 1. The van der Waals surface area contributed by atoms with Gasteiger partial charge in [0.25, 0.3) is 0 Å². The van der Waals surface area contributed by atoms with E-state index in [1.807, 2.05) is 18.2 Å². The molecule has 3 fully saturated rings. The molecule has 0 saturated carbocycles. The van der Waals surface area contributed by atoms with Crippen molar-refractivity contribution in [2.75, 3.05) is 62.6 Å². The summed E-state index contributed by atoms with van der Waals surface area (Å²) in [4.78, 5) is 4.99. The van der Waals surface area contributed by atoms with E-state index in [-0.39, 0.29) is 6.10 Å². The van der Waals surface area contributed by atoms with Gasteiger partial charge in [-0.05, 0) is 48.7 Å². The molecule has 0 spiro atoms. The van der Waals surface area contributed by atoms with Crippen molar-refractivity contribution in [2.24, 2.45) is 5.10 Å². The minimum Gasteiger partial charge on any atom is -0.487 e. The number of hydrazine groups is 1. The van der Waals surface area contributed by atoms with Crippen LogP contribution in [0.4, 0.5) is 11.4 Å². The highest BCUT2D eigenvalue weighted by Gasteiger charge is 2.29. The largest absolute Gasteiger partial charge is 0.487 e. The Kier molecular flexibility index (Phi) is 6.95. The van der Waals surface area contributed by atoms with Crippen molar-refractivity contribution in [2.45, 2.75) is 25.0 Å². The van der Waals surface area contributed by atoms with Crippen molar-refractivity contribution in [3.63, 3.8) is 0 Å². The molecule has 2 aromatic rings. The molecular formula is C28H32N6O3. The Balaban J connectivity index is 1.11. The molecule has 3 saturated heterocycles. The van der Waals surface area contributed by atoms with Gasteiger partial charge in [0.15, 0.2) is 0 Å². The van der Waals surface area contributed by atoms with Crippen LogP contribution in [0.1, 0.15) is 24.0 Å². The van der Waals surface area contributed by atoms with Crippen molar-refractivity contribution >= 4 is 23.3 Å². The van der Waals surface area contributed by atoms with Crippen LogP contribution in [-0.4, -0.2) is 75.9 Å². The minimum absolute atomic E-state index is 0.0434. The van der Waals surface area contributed by atoms with E-state index in [9.17, 15) is 5.26 Å². The molecule has 1 unspecified atom stereocenters. The molecule has 1 N–H and O–H groups in total. The third-order valence-electron chi connectivity index (χ3n) is 7.39. The summed E-state index contributed by atoms with van der Waals surface area (Å²) in [5.74, 6) is 0.554. The molecule has 192 valence electrons. The second-order valence-electron chi connectivity index (χ2n) is 9.78. The topological polar surface area (TPSA) is 85.6 Å². The zero-order valence-corrected chi connectivity index (χ0v) is 20.9. The van der Waals surface area contributed by atoms with E-state index in [0.29, 0.717) is 24.0 Å². The lowest BCUT2D eigenvalue weighted by Gasteiger charge is -2.43. The van der Waals surface area contributed by atoms with Crippen LogP contribution < -0.4 is 20.2 Å². The number of allylic oxidation sites excluding steroid dienone is 1. The highest BCUT2D eigenvalue weighted by Crippen LogP contribution is 2.29. The maximum Gasteiger partial charge on any atom is 0.139 e. The Hall–Kier alpha value is -3.58. The van der Waals surface area contributed by atoms with Gasteiger partial charge in [-0.25, -0.2) is 0 Å². The predicted octanol–water partition coefficient (Wildman–Crippen LogP) is 2.99. The van der Waals surface area contributed by atoms with Gasteiger partial charge in [-0.3, -0.25) is 10.3 Å². The fraction of sp³-hybridized carbons (Fsp3) is 0.429. The highest BCUT2D eigenvalue weighted by molar-refractivity contribution is 5.87. The second-order valence-corrected chi connectivity index (χ2v) is 9.78. The molecule has 1 atom stereocenters. The summed E-state index contributed by atoms with van der Waals surface area (Å²) in [5, 5.41) is 15.8. The van der Waals surface area contributed by atoms with Crippen LogP contribution in [0.3, 0.4) is 0 Å². The molecule has 4 heterocycles. The van der Waals surface area contributed by atoms with Crippen molar-refractivity contribution in [1.82, 2.24) is 10.3 Å². The van der Waals surface area contributed by atoms with Gasteiger partial charge < -0.3 is 19.1 Å². The number of nitriles is 1. The van der Waals surface area contributed by atoms with Crippen LogP contribution in [0.25, 0.3) is 5.70 Å². The van der Waals surface area contributed by atoms with E-state index in [0.717, 1.165) is 75.8 Å². The smallest absolute Gasteiger partial charge is 0.139 e. The van der Waals surface area contributed by atoms with Gasteiger partial charge in [-0.1, -0.05) is 12.1 Å². The van der Waals surface area contributed by atoms with E-state index < -0.39 is 0 Å². The van der Waals surface area contributed by atoms with E-state index in [4.69, 9.17) is 14.2 Å². The van der Waals surface area contributed by atoms with Crippen LogP contribution in [0.5, 0.6) is 5.75 Å². The maximum atomic E-state index is 9.57. The van der Waals surface area contributed by atoms with Crippen LogP contribution in [-0.2, 0) is 9.47 Å². The number of anilines is 2. The first-order valence-corrected chi connectivity index (χ1v) is 13.0. The quantitative estimate of drug-likeness (QED) is 0.648. The normalized spacial score (nSPS) is 22.6. The van der Waals surface area contributed by atoms with Crippen LogP contribution in [0.15, 0.2) is 53.6 Å². The molecule has 4 aliphatic heterocycles. The number of rotatable bonds is 6. The van der Waals surface area contributed by atoms with Crippen molar-refractivity contribution in [1.29, 1.82) is 5.26 Å². The number of piperazine rings is 1. The Bertz CT molecular complexity index is 1190. The number of nitrogens with zero attached hydrogens (tertiary/aromatic N) is 5. The van der Waals surface area contributed by atoms with Crippen LogP contribution in [0.2, 0.25) is 0 Å². The maximum absolute atomic E-state index is 9.57. The Morgan fingerprint density at radius 1 is 0.973 bits per heavy atom. The second kappa shape index (κ2) is 10.8. The number of hydrogen-bond acceptors (Lipinski definition) is 9. The lowest BCUT2D eigenvalue weighted by atomic mass is 10.1. The van der Waals surface area contributed by atoms with E-state index in [1.165, 1.54) is 5.69 Å². The summed E-state index contributed by atoms with van der Waals surface area (Å²) in [7, 11) is 0. The summed E-state index contributed by atoms with van der Waals surface area (Å²) in [6.07, 6.45) is 5.58. The van der Waals surface area contributed by atoms with Gasteiger partial charge in [0, 0.05) is 44.5 Å². The average molecular weight is 501 g/mol. The van der Waals surface area contributed by atoms with Crippen molar-refractivity contribution < 1.29 is 14.2 Å². The molecule has 0 aliphatic carbocycles. The molecule has 37 heavy (non-hydrogen) atoms. The zero-order chi connectivity index (χ0) is 25.0. The predicted molar refractivity (Wildman–Crippen MR) is 143 cm³/mol. The van der Waals surface area contributed by atoms with Gasteiger partial charge in [0.1, 0.15) is 17.9 Å². The fourth-order valence-electron chi connectivity index (χ4n) is 5.09. The lowest BCUT2D eigenvalue weighted by molar-refractivity contribution is -0.0660. The van der Waals surface area contributed by atoms with E-state index in [2.05, 4.69) is 50.7 Å². The monoisotopic (exact) mass is 500 g/mol. The minimum atomic E-state index is -0.0434. The summed E-state index contributed by atoms with van der Waals surface area (Å²) in [6, 6.07) is 17.0. The first kappa shape index (κ1) is 23.8. The Labute approximate surface area is 217 Å². The van der Waals surface area contributed by atoms with Gasteiger partial charge >= 0.3 is 0 Å². The molecule has 9 nitrogen and oxygen atoms in total. The van der Waals surface area contributed by atoms with Gasteiger partial charge in [-0.2, -0.15) is 15.5 Å². The van der Waals surface area contributed by atoms with Gasteiger partial charge in [0.05, 0.1) is 49.0 Å².